The van der Waals surface area contributed by atoms with E-state index in [4.69, 9.17) is 0 Å². The van der Waals surface area contributed by atoms with Gasteiger partial charge in [0, 0.05) is 17.6 Å². The van der Waals surface area contributed by atoms with Crippen LogP contribution < -0.4 is 10.9 Å². The van der Waals surface area contributed by atoms with Crippen molar-refractivity contribution in [1.82, 2.24) is 14.3 Å². The minimum atomic E-state index is -0.592. The second-order valence-electron chi connectivity index (χ2n) is 7.30. The van der Waals surface area contributed by atoms with E-state index in [0.717, 1.165) is 17.0 Å². The van der Waals surface area contributed by atoms with Crippen LogP contribution in [0.3, 0.4) is 0 Å². The highest BCUT2D eigenvalue weighted by Gasteiger charge is 2.15. The van der Waals surface area contributed by atoms with Gasteiger partial charge in [0.15, 0.2) is 5.82 Å². The number of aryl methyl sites for hydroxylation is 2. The Bertz CT molecular complexity index is 1310. The third-order valence-electron chi connectivity index (χ3n) is 4.90. The van der Waals surface area contributed by atoms with Gasteiger partial charge in [-0.3, -0.25) is 9.59 Å². The van der Waals surface area contributed by atoms with Crippen LogP contribution in [0, 0.1) is 19.7 Å². The molecule has 0 saturated heterocycles. The van der Waals surface area contributed by atoms with E-state index in [2.05, 4.69) is 10.4 Å². The van der Waals surface area contributed by atoms with E-state index in [1.54, 1.807) is 24.4 Å². The Labute approximate surface area is 178 Å². The van der Waals surface area contributed by atoms with Crippen LogP contribution >= 0.6 is 0 Å². The average Bonchev–Trinajstić information content (AvgIpc) is 3.08. The highest BCUT2D eigenvalue weighted by Crippen LogP contribution is 2.20. The molecule has 2 aromatic heterocycles. The molecule has 1 amide bonds. The van der Waals surface area contributed by atoms with E-state index < -0.39 is 17.3 Å². The molecule has 2 heterocycles. The molecule has 4 rings (SSSR count). The van der Waals surface area contributed by atoms with Crippen LogP contribution in [0.1, 0.15) is 27.3 Å². The Morgan fingerprint density at radius 1 is 1.03 bits per heavy atom. The van der Waals surface area contributed by atoms with Gasteiger partial charge in [-0.2, -0.15) is 5.10 Å². The summed E-state index contributed by atoms with van der Waals surface area (Å²) in [5.41, 5.74) is 2.65. The molecule has 0 bridgehead atoms. The number of halogens is 1. The fourth-order valence-corrected chi connectivity index (χ4v) is 3.44. The number of amides is 1. The number of benzene rings is 2. The predicted molar refractivity (Wildman–Crippen MR) is 117 cm³/mol. The first-order valence-corrected chi connectivity index (χ1v) is 9.80. The first kappa shape index (κ1) is 20.3. The van der Waals surface area contributed by atoms with E-state index >= 15 is 0 Å². The molecule has 0 unspecified atom stereocenters. The first-order chi connectivity index (χ1) is 14.9. The van der Waals surface area contributed by atoms with Crippen molar-refractivity contribution in [2.45, 2.75) is 20.4 Å². The van der Waals surface area contributed by atoms with Gasteiger partial charge in [0.05, 0.1) is 12.2 Å². The summed E-state index contributed by atoms with van der Waals surface area (Å²) >= 11 is 0. The number of hydrogen-bond donors (Lipinski definition) is 1. The monoisotopic (exact) mass is 416 g/mol. The summed E-state index contributed by atoms with van der Waals surface area (Å²) < 4.78 is 17.7. The molecule has 0 fully saturated rings. The SMILES string of the molecule is Cc1cc(C)n(-c2ccc(NC(=O)c3cccn(Cc4ccccc4)c3=O)cc2F)n1. The molecule has 31 heavy (non-hydrogen) atoms. The van der Waals surface area contributed by atoms with Crippen molar-refractivity contribution in [1.29, 1.82) is 0 Å². The summed E-state index contributed by atoms with van der Waals surface area (Å²) in [5, 5.41) is 6.89. The Hall–Kier alpha value is -4.00. The molecular formula is C24H21FN4O2. The molecule has 0 aliphatic rings. The lowest BCUT2D eigenvalue weighted by atomic mass is 10.2. The number of nitrogens with zero attached hydrogens (tertiary/aromatic N) is 3. The summed E-state index contributed by atoms with van der Waals surface area (Å²) in [4.78, 5) is 25.5. The highest BCUT2D eigenvalue weighted by atomic mass is 19.1. The third kappa shape index (κ3) is 4.30. The molecule has 0 aliphatic carbocycles. The van der Waals surface area contributed by atoms with Crippen molar-refractivity contribution in [3.63, 3.8) is 0 Å². The zero-order valence-electron chi connectivity index (χ0n) is 17.2. The molecule has 0 spiro atoms. The lowest BCUT2D eigenvalue weighted by Gasteiger charge is -2.11. The smallest absolute Gasteiger partial charge is 0.263 e. The quantitative estimate of drug-likeness (QED) is 0.533. The van der Waals surface area contributed by atoms with Crippen LogP contribution in [0.5, 0.6) is 0 Å². The van der Waals surface area contributed by atoms with Crippen molar-refractivity contribution in [3.8, 4) is 5.69 Å². The summed E-state index contributed by atoms with van der Waals surface area (Å²) in [5.74, 6) is -1.12. The lowest BCUT2D eigenvalue weighted by Crippen LogP contribution is -2.29. The molecule has 4 aromatic rings. The summed E-state index contributed by atoms with van der Waals surface area (Å²) in [6.07, 6.45) is 1.63. The summed E-state index contributed by atoms with van der Waals surface area (Å²) in [7, 11) is 0. The van der Waals surface area contributed by atoms with Crippen LogP contribution in [0.4, 0.5) is 10.1 Å². The number of carbonyl (C=O) groups is 1. The zero-order valence-corrected chi connectivity index (χ0v) is 17.2. The van der Waals surface area contributed by atoms with E-state index in [9.17, 15) is 14.0 Å². The van der Waals surface area contributed by atoms with Crippen LogP contribution in [0.15, 0.2) is 77.7 Å². The molecule has 0 aliphatic heterocycles. The highest BCUT2D eigenvalue weighted by molar-refractivity contribution is 6.04. The van der Waals surface area contributed by atoms with Gasteiger partial charge in [-0.15, -0.1) is 0 Å². The molecule has 2 aromatic carbocycles. The Kier molecular flexibility index (Phi) is 5.49. The number of hydrogen-bond acceptors (Lipinski definition) is 3. The molecule has 1 N–H and O–H groups in total. The predicted octanol–water partition coefficient (Wildman–Crippen LogP) is 4.09. The fourth-order valence-electron chi connectivity index (χ4n) is 3.44. The van der Waals surface area contributed by atoms with Gasteiger partial charge in [-0.1, -0.05) is 30.3 Å². The molecular weight excluding hydrogens is 395 g/mol. The normalized spacial score (nSPS) is 10.8. The maximum Gasteiger partial charge on any atom is 0.263 e. The van der Waals surface area contributed by atoms with Crippen LogP contribution in [0.25, 0.3) is 5.69 Å². The maximum absolute atomic E-state index is 14.7. The van der Waals surface area contributed by atoms with Gasteiger partial charge in [0.1, 0.15) is 11.3 Å². The van der Waals surface area contributed by atoms with E-state index in [-0.39, 0.29) is 16.9 Å². The van der Waals surface area contributed by atoms with Crippen LogP contribution in [-0.4, -0.2) is 20.3 Å². The van der Waals surface area contributed by atoms with Crippen LogP contribution in [0.2, 0.25) is 0 Å². The van der Waals surface area contributed by atoms with Gasteiger partial charge in [0.2, 0.25) is 0 Å². The molecule has 6 nitrogen and oxygen atoms in total. The number of aromatic nitrogens is 3. The topological polar surface area (TPSA) is 68.9 Å². The molecule has 7 heteroatoms. The number of pyridine rings is 1. The van der Waals surface area contributed by atoms with Gasteiger partial charge in [-0.25, -0.2) is 9.07 Å². The Morgan fingerprint density at radius 2 is 1.81 bits per heavy atom. The fraction of sp³-hybridized carbons (Fsp3) is 0.125. The molecule has 0 atom stereocenters. The van der Waals surface area contributed by atoms with Crippen LogP contribution in [-0.2, 0) is 6.54 Å². The second kappa shape index (κ2) is 8.39. The largest absolute Gasteiger partial charge is 0.322 e. The van der Waals surface area contributed by atoms with Crippen molar-refractivity contribution in [3.05, 3.63) is 112 Å². The summed E-state index contributed by atoms with van der Waals surface area (Å²) in [6, 6.07) is 18.8. The minimum Gasteiger partial charge on any atom is -0.322 e. The first-order valence-electron chi connectivity index (χ1n) is 9.80. The number of anilines is 1. The van der Waals surface area contributed by atoms with Crippen molar-refractivity contribution in [2.24, 2.45) is 0 Å². The Balaban J connectivity index is 1.56. The van der Waals surface area contributed by atoms with Gasteiger partial charge in [0.25, 0.3) is 11.5 Å². The van der Waals surface area contributed by atoms with Gasteiger partial charge < -0.3 is 9.88 Å². The molecule has 0 saturated carbocycles. The van der Waals surface area contributed by atoms with Gasteiger partial charge >= 0.3 is 0 Å². The third-order valence-corrected chi connectivity index (χ3v) is 4.90. The Morgan fingerprint density at radius 3 is 2.48 bits per heavy atom. The van der Waals surface area contributed by atoms with Crippen molar-refractivity contribution in [2.75, 3.05) is 5.32 Å². The van der Waals surface area contributed by atoms with E-state index in [1.807, 2.05) is 50.2 Å². The van der Waals surface area contributed by atoms with Crippen molar-refractivity contribution >= 4 is 11.6 Å². The van der Waals surface area contributed by atoms with E-state index in [0.29, 0.717) is 6.54 Å². The number of carbonyl (C=O) groups excluding carboxylic acids is 1. The molecule has 156 valence electrons. The second-order valence-corrected chi connectivity index (χ2v) is 7.30. The average molecular weight is 416 g/mol. The molecule has 0 radical (unpaired) electrons. The number of rotatable bonds is 5. The van der Waals surface area contributed by atoms with E-state index in [1.165, 1.54) is 21.4 Å². The lowest BCUT2D eigenvalue weighted by molar-refractivity contribution is 0.102. The van der Waals surface area contributed by atoms with Crippen molar-refractivity contribution < 1.29 is 9.18 Å². The minimum absolute atomic E-state index is 0.0125. The number of nitrogens with one attached hydrogen (secondary N) is 1. The maximum atomic E-state index is 14.7. The standard InChI is InChI=1S/C24H21FN4O2/c1-16-13-17(2)29(27-16)22-11-10-19(14-21(22)25)26-23(30)20-9-6-12-28(24(20)31)15-18-7-4-3-5-8-18/h3-14H,15H2,1-2H3,(H,26,30). The van der Waals surface area contributed by atoms with Gasteiger partial charge in [-0.05, 0) is 55.8 Å². The summed E-state index contributed by atoms with van der Waals surface area (Å²) in [6.45, 7) is 4.03. The zero-order chi connectivity index (χ0) is 22.0.